The normalized spacial score (nSPS) is 11.3. The summed E-state index contributed by atoms with van der Waals surface area (Å²) >= 11 is 0. The smallest absolute Gasteiger partial charge is 0.136 e. The van der Waals surface area contributed by atoms with Crippen molar-refractivity contribution in [3.63, 3.8) is 0 Å². The second kappa shape index (κ2) is 8.73. The van der Waals surface area contributed by atoms with Gasteiger partial charge in [-0.25, -0.2) is 9.07 Å². The number of aromatic amines is 1. The highest BCUT2D eigenvalue weighted by Crippen LogP contribution is 2.30. The van der Waals surface area contributed by atoms with Gasteiger partial charge in [-0.05, 0) is 45.2 Å². The van der Waals surface area contributed by atoms with Crippen molar-refractivity contribution < 1.29 is 9.13 Å². The molecule has 0 fully saturated rings. The molecule has 1 N–H and O–H groups in total. The number of nitrogens with one attached hydrogen (secondary N) is 1. The van der Waals surface area contributed by atoms with Gasteiger partial charge in [-0.2, -0.15) is 10.2 Å². The van der Waals surface area contributed by atoms with Crippen LogP contribution in [0.5, 0.6) is 5.75 Å². The van der Waals surface area contributed by atoms with E-state index in [-0.39, 0.29) is 5.82 Å². The van der Waals surface area contributed by atoms with Crippen LogP contribution in [0, 0.1) is 19.7 Å². The van der Waals surface area contributed by atoms with Gasteiger partial charge in [0.1, 0.15) is 17.3 Å². The SMILES string of the molecule is COc1ccc(-c2nn(-c3ccccc3)cc2CN(C)Cc2c(C)n[nH]c2C)c(F)c1. The van der Waals surface area contributed by atoms with E-state index in [2.05, 4.69) is 15.1 Å². The lowest BCUT2D eigenvalue weighted by atomic mass is 10.1. The fourth-order valence-corrected chi connectivity index (χ4v) is 3.70. The van der Waals surface area contributed by atoms with E-state index >= 15 is 0 Å². The molecule has 0 atom stereocenters. The number of aryl methyl sites for hydroxylation is 2. The lowest BCUT2D eigenvalue weighted by Gasteiger charge is -2.17. The third kappa shape index (κ3) is 4.36. The third-order valence-electron chi connectivity index (χ3n) is 5.39. The topological polar surface area (TPSA) is 59.0 Å². The molecule has 0 amide bonds. The zero-order valence-corrected chi connectivity index (χ0v) is 18.2. The number of nitrogens with zero attached hydrogens (tertiary/aromatic N) is 4. The van der Waals surface area contributed by atoms with Crippen LogP contribution in [0.2, 0.25) is 0 Å². The van der Waals surface area contributed by atoms with Crippen LogP contribution in [0.3, 0.4) is 0 Å². The van der Waals surface area contributed by atoms with Crippen molar-refractivity contribution >= 4 is 0 Å². The molecule has 4 rings (SSSR count). The first-order valence-electron chi connectivity index (χ1n) is 10.1. The number of benzene rings is 2. The minimum atomic E-state index is -0.358. The van der Waals surface area contributed by atoms with Crippen molar-refractivity contribution in [2.75, 3.05) is 14.2 Å². The minimum Gasteiger partial charge on any atom is -0.497 e. The van der Waals surface area contributed by atoms with Gasteiger partial charge in [0.15, 0.2) is 0 Å². The Morgan fingerprint density at radius 3 is 2.52 bits per heavy atom. The van der Waals surface area contributed by atoms with Crippen molar-refractivity contribution in [1.82, 2.24) is 24.9 Å². The van der Waals surface area contributed by atoms with Gasteiger partial charge in [0.2, 0.25) is 0 Å². The fraction of sp³-hybridized carbons (Fsp3) is 0.250. The van der Waals surface area contributed by atoms with Crippen LogP contribution < -0.4 is 4.74 Å². The van der Waals surface area contributed by atoms with Gasteiger partial charge < -0.3 is 4.74 Å². The number of hydrogen-bond donors (Lipinski definition) is 1. The second-order valence-corrected chi connectivity index (χ2v) is 7.71. The van der Waals surface area contributed by atoms with Gasteiger partial charge in [0.25, 0.3) is 0 Å². The summed E-state index contributed by atoms with van der Waals surface area (Å²) in [5.41, 5.74) is 6.17. The zero-order chi connectivity index (χ0) is 22.0. The molecule has 0 aliphatic carbocycles. The molecule has 31 heavy (non-hydrogen) atoms. The number of para-hydroxylation sites is 1. The first kappa shape index (κ1) is 20.8. The lowest BCUT2D eigenvalue weighted by Crippen LogP contribution is -2.18. The van der Waals surface area contributed by atoms with Crippen molar-refractivity contribution in [1.29, 1.82) is 0 Å². The molecule has 0 radical (unpaired) electrons. The Morgan fingerprint density at radius 1 is 1.10 bits per heavy atom. The van der Waals surface area contributed by atoms with Crippen LogP contribution in [0.25, 0.3) is 16.9 Å². The maximum atomic E-state index is 14.9. The molecule has 0 bridgehead atoms. The van der Waals surface area contributed by atoms with Crippen LogP contribution >= 0.6 is 0 Å². The Morgan fingerprint density at radius 2 is 1.87 bits per heavy atom. The standard InChI is InChI=1S/C24H26FN5O/c1-16-22(17(2)27-26-16)15-29(3)13-18-14-30(19-8-6-5-7-9-19)28-24(18)21-11-10-20(31-4)12-23(21)25/h5-12,14H,13,15H2,1-4H3,(H,26,27). The Labute approximate surface area is 181 Å². The predicted molar refractivity (Wildman–Crippen MR) is 119 cm³/mol. The van der Waals surface area contributed by atoms with Crippen LogP contribution in [0.1, 0.15) is 22.5 Å². The summed E-state index contributed by atoms with van der Waals surface area (Å²) in [7, 11) is 3.57. The third-order valence-corrected chi connectivity index (χ3v) is 5.39. The Kier molecular flexibility index (Phi) is 5.86. The quantitative estimate of drug-likeness (QED) is 0.473. The Balaban J connectivity index is 1.71. The van der Waals surface area contributed by atoms with Crippen LogP contribution in [-0.4, -0.2) is 39.0 Å². The molecule has 2 aromatic carbocycles. The van der Waals surface area contributed by atoms with E-state index in [9.17, 15) is 4.39 Å². The van der Waals surface area contributed by atoms with E-state index in [1.54, 1.807) is 16.8 Å². The molecular weight excluding hydrogens is 393 g/mol. The number of methoxy groups -OCH3 is 1. The van der Waals surface area contributed by atoms with E-state index in [1.807, 2.05) is 57.4 Å². The molecule has 2 aromatic heterocycles. The maximum Gasteiger partial charge on any atom is 0.136 e. The molecule has 0 aliphatic heterocycles. The van der Waals surface area contributed by atoms with Gasteiger partial charge >= 0.3 is 0 Å². The van der Waals surface area contributed by atoms with Gasteiger partial charge in [0, 0.05) is 47.7 Å². The number of halogens is 1. The molecule has 7 heteroatoms. The van der Waals surface area contributed by atoms with Crippen molar-refractivity contribution in [3.05, 3.63) is 83.1 Å². The summed E-state index contributed by atoms with van der Waals surface area (Å²) in [6, 6.07) is 14.7. The van der Waals surface area contributed by atoms with E-state index < -0.39 is 0 Å². The van der Waals surface area contributed by atoms with Gasteiger partial charge in [-0.1, -0.05) is 18.2 Å². The molecule has 160 valence electrons. The highest BCUT2D eigenvalue weighted by Gasteiger charge is 2.19. The van der Waals surface area contributed by atoms with Crippen molar-refractivity contribution in [3.8, 4) is 22.7 Å². The van der Waals surface area contributed by atoms with Gasteiger partial charge in [-0.3, -0.25) is 10.00 Å². The minimum absolute atomic E-state index is 0.358. The first-order valence-corrected chi connectivity index (χ1v) is 10.1. The van der Waals surface area contributed by atoms with Gasteiger partial charge in [-0.15, -0.1) is 0 Å². The molecule has 0 unspecified atom stereocenters. The molecule has 0 saturated carbocycles. The number of aromatic nitrogens is 4. The molecule has 0 aliphatic rings. The predicted octanol–water partition coefficient (Wildman–Crippen LogP) is 4.66. The Hall–Kier alpha value is -3.45. The second-order valence-electron chi connectivity index (χ2n) is 7.71. The summed E-state index contributed by atoms with van der Waals surface area (Å²) in [4.78, 5) is 2.18. The highest BCUT2D eigenvalue weighted by molar-refractivity contribution is 5.65. The zero-order valence-electron chi connectivity index (χ0n) is 18.2. The average Bonchev–Trinajstić information content (AvgIpc) is 3.32. The van der Waals surface area contributed by atoms with Gasteiger partial charge in [0.05, 0.1) is 18.5 Å². The molecule has 0 spiro atoms. The largest absolute Gasteiger partial charge is 0.497 e. The number of H-pyrrole nitrogens is 1. The maximum absolute atomic E-state index is 14.9. The molecule has 6 nitrogen and oxygen atoms in total. The summed E-state index contributed by atoms with van der Waals surface area (Å²) in [5.74, 6) is 0.122. The summed E-state index contributed by atoms with van der Waals surface area (Å²) in [6.07, 6.45) is 1.97. The molecular formula is C24H26FN5O. The van der Waals surface area contributed by atoms with E-state index in [0.29, 0.717) is 23.6 Å². The van der Waals surface area contributed by atoms with Crippen LogP contribution in [0.4, 0.5) is 4.39 Å². The Bertz CT molecular complexity index is 1160. The molecule has 0 saturated heterocycles. The lowest BCUT2D eigenvalue weighted by molar-refractivity contribution is 0.318. The average molecular weight is 420 g/mol. The van der Waals surface area contributed by atoms with Crippen molar-refractivity contribution in [2.45, 2.75) is 26.9 Å². The van der Waals surface area contributed by atoms with E-state index in [4.69, 9.17) is 9.84 Å². The number of ether oxygens (including phenoxy) is 1. The first-order chi connectivity index (χ1) is 15.0. The molecule has 2 heterocycles. The monoisotopic (exact) mass is 419 g/mol. The summed E-state index contributed by atoms with van der Waals surface area (Å²) in [6.45, 7) is 5.36. The summed E-state index contributed by atoms with van der Waals surface area (Å²) < 4.78 is 21.9. The highest BCUT2D eigenvalue weighted by atomic mass is 19.1. The van der Waals surface area contributed by atoms with E-state index in [0.717, 1.165) is 29.2 Å². The number of hydrogen-bond acceptors (Lipinski definition) is 4. The van der Waals surface area contributed by atoms with Crippen LogP contribution in [-0.2, 0) is 13.1 Å². The van der Waals surface area contributed by atoms with Crippen LogP contribution in [0.15, 0.2) is 54.7 Å². The number of rotatable bonds is 7. The fourth-order valence-electron chi connectivity index (χ4n) is 3.70. The summed E-state index contributed by atoms with van der Waals surface area (Å²) in [5, 5.41) is 12.1. The molecule has 4 aromatic rings. The van der Waals surface area contributed by atoms with E-state index in [1.165, 1.54) is 18.7 Å². The van der Waals surface area contributed by atoms with Crippen molar-refractivity contribution in [2.24, 2.45) is 0 Å².